The normalized spacial score (nSPS) is 18.9. The number of ketones is 1. The average Bonchev–Trinajstić information content (AvgIpc) is 2.60. The van der Waals surface area contributed by atoms with E-state index in [1.807, 2.05) is 57.2 Å². The fraction of sp³-hybridized carbons (Fsp3) is 0.333. The molecule has 0 saturated heterocycles. The van der Waals surface area contributed by atoms with E-state index in [0.717, 1.165) is 5.56 Å². The van der Waals surface area contributed by atoms with Gasteiger partial charge in [-0.05, 0) is 38.5 Å². The summed E-state index contributed by atoms with van der Waals surface area (Å²) in [5.41, 5.74) is 1.30. The van der Waals surface area contributed by atoms with E-state index in [4.69, 9.17) is 0 Å². The van der Waals surface area contributed by atoms with Crippen LogP contribution in [0, 0.1) is 0 Å². The van der Waals surface area contributed by atoms with Crippen molar-refractivity contribution in [3.8, 4) is 0 Å². The maximum absolute atomic E-state index is 12.3. The minimum absolute atomic E-state index is 0.0404. The van der Waals surface area contributed by atoms with Crippen LogP contribution >= 0.6 is 0 Å². The Bertz CT molecular complexity index is 591. The molecule has 21 heavy (non-hydrogen) atoms. The Labute approximate surface area is 125 Å². The third-order valence-corrected chi connectivity index (χ3v) is 3.23. The molecule has 1 atom stereocenters. The number of amides is 1. The summed E-state index contributed by atoms with van der Waals surface area (Å²) in [6, 6.07) is 9.80. The van der Waals surface area contributed by atoms with Gasteiger partial charge in [0, 0.05) is 23.5 Å². The van der Waals surface area contributed by atoms with E-state index in [1.54, 1.807) is 6.08 Å². The molecule has 0 bridgehead atoms. The summed E-state index contributed by atoms with van der Waals surface area (Å²) in [7, 11) is 0. The highest BCUT2D eigenvalue weighted by Gasteiger charge is 2.21. The van der Waals surface area contributed by atoms with Gasteiger partial charge < -0.3 is 5.32 Å². The number of carbonyl (C=O) groups excluding carboxylic acids is 2. The molecule has 0 aliphatic heterocycles. The van der Waals surface area contributed by atoms with Crippen LogP contribution in [0.5, 0.6) is 0 Å². The number of benzene rings is 1. The van der Waals surface area contributed by atoms with Crippen molar-refractivity contribution in [3.63, 3.8) is 0 Å². The van der Waals surface area contributed by atoms with Gasteiger partial charge in [-0.2, -0.15) is 0 Å². The van der Waals surface area contributed by atoms with Crippen LogP contribution in [-0.2, 0) is 9.59 Å². The molecule has 3 heteroatoms. The van der Waals surface area contributed by atoms with E-state index >= 15 is 0 Å². The van der Waals surface area contributed by atoms with Gasteiger partial charge in [-0.1, -0.05) is 36.4 Å². The number of carbonyl (C=O) groups is 2. The van der Waals surface area contributed by atoms with Gasteiger partial charge in [0.25, 0.3) is 5.91 Å². The van der Waals surface area contributed by atoms with Gasteiger partial charge in [-0.25, -0.2) is 0 Å². The number of allylic oxidation sites excluding steroid dienone is 2. The minimum Gasteiger partial charge on any atom is -0.347 e. The molecule has 1 aliphatic rings. The van der Waals surface area contributed by atoms with Crippen LogP contribution in [0.3, 0.4) is 0 Å². The molecule has 0 saturated carbocycles. The summed E-state index contributed by atoms with van der Waals surface area (Å²) in [6.45, 7) is 5.81. The lowest BCUT2D eigenvalue weighted by Gasteiger charge is -2.21. The Kier molecular flexibility index (Phi) is 4.41. The van der Waals surface area contributed by atoms with Gasteiger partial charge in [0.1, 0.15) is 0 Å². The van der Waals surface area contributed by atoms with Gasteiger partial charge in [0.05, 0.1) is 0 Å². The molecule has 1 aromatic carbocycles. The fourth-order valence-corrected chi connectivity index (χ4v) is 2.28. The highest BCUT2D eigenvalue weighted by atomic mass is 16.2. The molecular formula is C18H21NO2. The van der Waals surface area contributed by atoms with Crippen molar-refractivity contribution < 1.29 is 9.59 Å². The predicted molar refractivity (Wildman–Crippen MR) is 83.9 cm³/mol. The SMILES string of the molecule is CC(C)(C)NC(=O)C1=CC(c2ccccc2)CC(=O)C=C1. The summed E-state index contributed by atoms with van der Waals surface area (Å²) < 4.78 is 0. The lowest BCUT2D eigenvalue weighted by Crippen LogP contribution is -2.41. The number of nitrogens with one attached hydrogen (secondary N) is 1. The van der Waals surface area contributed by atoms with Crippen molar-refractivity contribution in [1.82, 2.24) is 5.32 Å². The van der Waals surface area contributed by atoms with Crippen LogP contribution in [0.2, 0.25) is 0 Å². The molecule has 1 amide bonds. The van der Waals surface area contributed by atoms with E-state index in [9.17, 15) is 9.59 Å². The third kappa shape index (κ3) is 4.42. The second kappa shape index (κ2) is 6.08. The number of rotatable bonds is 2. The van der Waals surface area contributed by atoms with E-state index in [1.165, 1.54) is 6.08 Å². The zero-order chi connectivity index (χ0) is 15.5. The third-order valence-electron chi connectivity index (χ3n) is 3.23. The Morgan fingerprint density at radius 3 is 2.43 bits per heavy atom. The van der Waals surface area contributed by atoms with Crippen LogP contribution in [0.1, 0.15) is 38.7 Å². The molecular weight excluding hydrogens is 262 g/mol. The zero-order valence-electron chi connectivity index (χ0n) is 12.7. The first kappa shape index (κ1) is 15.2. The fourth-order valence-electron chi connectivity index (χ4n) is 2.28. The molecule has 1 aliphatic carbocycles. The zero-order valence-corrected chi connectivity index (χ0v) is 12.7. The van der Waals surface area contributed by atoms with Crippen LogP contribution < -0.4 is 5.32 Å². The van der Waals surface area contributed by atoms with Gasteiger partial charge in [0.15, 0.2) is 5.78 Å². The summed E-state index contributed by atoms with van der Waals surface area (Å²) in [6.07, 6.45) is 5.40. The minimum atomic E-state index is -0.301. The van der Waals surface area contributed by atoms with E-state index in [-0.39, 0.29) is 23.1 Å². The molecule has 0 radical (unpaired) electrons. The van der Waals surface area contributed by atoms with Gasteiger partial charge in [0.2, 0.25) is 0 Å². The van der Waals surface area contributed by atoms with Crippen LogP contribution in [0.4, 0.5) is 0 Å². The maximum Gasteiger partial charge on any atom is 0.251 e. The van der Waals surface area contributed by atoms with Crippen molar-refractivity contribution >= 4 is 11.7 Å². The lowest BCUT2D eigenvalue weighted by atomic mass is 9.93. The molecule has 3 nitrogen and oxygen atoms in total. The Balaban J connectivity index is 2.29. The topological polar surface area (TPSA) is 46.2 Å². The highest BCUT2D eigenvalue weighted by Crippen LogP contribution is 2.26. The van der Waals surface area contributed by atoms with Crippen molar-refractivity contribution in [1.29, 1.82) is 0 Å². The van der Waals surface area contributed by atoms with E-state index in [0.29, 0.717) is 12.0 Å². The molecule has 1 unspecified atom stereocenters. The summed E-state index contributed by atoms with van der Waals surface area (Å²) in [5, 5.41) is 2.93. The van der Waals surface area contributed by atoms with Crippen molar-refractivity contribution in [2.24, 2.45) is 0 Å². The largest absolute Gasteiger partial charge is 0.347 e. The molecule has 0 heterocycles. The first-order valence-corrected chi connectivity index (χ1v) is 7.15. The first-order chi connectivity index (χ1) is 9.85. The van der Waals surface area contributed by atoms with Crippen LogP contribution in [0.25, 0.3) is 0 Å². The first-order valence-electron chi connectivity index (χ1n) is 7.15. The second-order valence-corrected chi connectivity index (χ2v) is 6.35. The summed E-state index contributed by atoms with van der Waals surface area (Å²) in [5.74, 6) is -0.164. The molecule has 1 aromatic rings. The number of hydrogen-bond donors (Lipinski definition) is 1. The second-order valence-electron chi connectivity index (χ2n) is 6.35. The monoisotopic (exact) mass is 283 g/mol. The standard InChI is InChI=1S/C18H21NO2/c1-18(2,3)19-17(21)14-9-10-16(20)12-15(11-14)13-7-5-4-6-8-13/h4-11,15H,12H2,1-3H3,(H,19,21). The Morgan fingerprint density at radius 1 is 1.14 bits per heavy atom. The lowest BCUT2D eigenvalue weighted by molar-refractivity contribution is -0.118. The van der Waals surface area contributed by atoms with Gasteiger partial charge in [-0.15, -0.1) is 0 Å². The molecule has 1 N–H and O–H groups in total. The van der Waals surface area contributed by atoms with Gasteiger partial charge >= 0.3 is 0 Å². The van der Waals surface area contributed by atoms with Gasteiger partial charge in [-0.3, -0.25) is 9.59 Å². The quantitative estimate of drug-likeness (QED) is 0.906. The molecule has 110 valence electrons. The van der Waals surface area contributed by atoms with Crippen LogP contribution in [0.15, 0.2) is 54.1 Å². The molecule has 0 aromatic heterocycles. The summed E-state index contributed by atoms with van der Waals surface area (Å²) in [4.78, 5) is 24.2. The van der Waals surface area contributed by atoms with E-state index in [2.05, 4.69) is 5.32 Å². The Morgan fingerprint density at radius 2 is 1.81 bits per heavy atom. The molecule has 0 spiro atoms. The van der Waals surface area contributed by atoms with Crippen molar-refractivity contribution in [2.75, 3.05) is 0 Å². The highest BCUT2D eigenvalue weighted by molar-refractivity contribution is 6.00. The Hall–Kier alpha value is -2.16. The predicted octanol–water partition coefficient (Wildman–Crippen LogP) is 3.14. The number of hydrogen-bond acceptors (Lipinski definition) is 2. The maximum atomic E-state index is 12.3. The van der Waals surface area contributed by atoms with Crippen molar-refractivity contribution in [3.05, 3.63) is 59.7 Å². The van der Waals surface area contributed by atoms with Crippen molar-refractivity contribution in [2.45, 2.75) is 38.6 Å². The van der Waals surface area contributed by atoms with Crippen LogP contribution in [-0.4, -0.2) is 17.2 Å². The molecule has 0 fully saturated rings. The van der Waals surface area contributed by atoms with E-state index < -0.39 is 0 Å². The smallest absolute Gasteiger partial charge is 0.251 e. The summed E-state index contributed by atoms with van der Waals surface area (Å²) >= 11 is 0. The average molecular weight is 283 g/mol. The molecule has 2 rings (SSSR count).